The topological polar surface area (TPSA) is 82.6 Å². The largest absolute Gasteiger partial charge is 0.488 e. The van der Waals surface area contributed by atoms with E-state index in [1.54, 1.807) is 39.0 Å². The number of pyridine rings is 1. The third-order valence-electron chi connectivity index (χ3n) is 2.56. The number of hydrogen-bond acceptors (Lipinski definition) is 6. The van der Waals surface area contributed by atoms with Gasteiger partial charge in [-0.2, -0.15) is 8.42 Å². The van der Waals surface area contributed by atoms with Crippen molar-refractivity contribution in [2.24, 2.45) is 0 Å². The molecule has 0 aliphatic heterocycles. The molecule has 0 fully saturated rings. The summed E-state index contributed by atoms with van der Waals surface area (Å²) in [5, 5.41) is 0. The average Bonchev–Trinajstić information content (AvgIpc) is 2.47. The van der Waals surface area contributed by atoms with Crippen LogP contribution in [0.5, 0.6) is 5.75 Å². The average molecular weight is 355 g/mol. The highest BCUT2D eigenvalue weighted by Gasteiger charge is 2.20. The number of halogens is 1. The third kappa shape index (κ3) is 5.96. The summed E-state index contributed by atoms with van der Waals surface area (Å²) in [6.07, 6.45) is 5.93. The summed E-state index contributed by atoms with van der Waals surface area (Å²) in [5.74, 6) is -1.07. The minimum absolute atomic E-state index is 0.0532. The second-order valence-electron chi connectivity index (χ2n) is 4.83. The van der Waals surface area contributed by atoms with Crippen LogP contribution in [0.25, 0.3) is 5.57 Å². The molecular weight excluding hydrogens is 337 g/mol. The molecule has 24 heavy (non-hydrogen) atoms. The number of carbonyl (C=O) groups excluding carboxylic acids is 1. The number of carbonyl (C=O) groups is 1. The van der Waals surface area contributed by atoms with Crippen molar-refractivity contribution < 1.29 is 26.0 Å². The fraction of sp³-hybridized carbons (Fsp3) is 0.250. The van der Waals surface area contributed by atoms with Crippen LogP contribution in [-0.2, 0) is 15.2 Å². The summed E-state index contributed by atoms with van der Waals surface area (Å²) < 4.78 is 43.7. The SMILES string of the molecule is C=C/C(=C\C=C/C)c1nc(C(=O)OC(C)C)ccc1OS(=O)(=O)F. The van der Waals surface area contributed by atoms with Crippen molar-refractivity contribution in [1.29, 1.82) is 0 Å². The van der Waals surface area contributed by atoms with E-state index in [-0.39, 0.29) is 23.2 Å². The van der Waals surface area contributed by atoms with Crippen molar-refractivity contribution in [2.45, 2.75) is 26.9 Å². The highest BCUT2D eigenvalue weighted by Crippen LogP contribution is 2.27. The zero-order valence-electron chi connectivity index (χ0n) is 13.5. The maximum Gasteiger partial charge on any atom is 0.488 e. The summed E-state index contributed by atoms with van der Waals surface area (Å²) in [5.41, 5.74) is 0.212. The predicted molar refractivity (Wildman–Crippen MR) is 88.4 cm³/mol. The lowest BCUT2D eigenvalue weighted by Crippen LogP contribution is -2.14. The van der Waals surface area contributed by atoms with Gasteiger partial charge >= 0.3 is 16.5 Å². The van der Waals surface area contributed by atoms with Gasteiger partial charge in [-0.25, -0.2) is 9.78 Å². The fourth-order valence-corrected chi connectivity index (χ4v) is 2.01. The van der Waals surface area contributed by atoms with E-state index in [4.69, 9.17) is 4.74 Å². The van der Waals surface area contributed by atoms with E-state index in [0.717, 1.165) is 6.07 Å². The van der Waals surface area contributed by atoms with Gasteiger partial charge in [-0.3, -0.25) is 0 Å². The van der Waals surface area contributed by atoms with Gasteiger partial charge in [-0.15, -0.1) is 0 Å². The molecule has 0 aliphatic rings. The lowest BCUT2D eigenvalue weighted by atomic mass is 10.1. The van der Waals surface area contributed by atoms with E-state index in [1.807, 2.05) is 0 Å². The molecule has 0 unspecified atom stereocenters. The van der Waals surface area contributed by atoms with E-state index < -0.39 is 16.5 Å². The Morgan fingerprint density at radius 3 is 2.54 bits per heavy atom. The van der Waals surface area contributed by atoms with E-state index in [9.17, 15) is 17.1 Å². The molecule has 1 aromatic rings. The molecule has 0 saturated heterocycles. The van der Waals surface area contributed by atoms with E-state index in [2.05, 4.69) is 15.7 Å². The van der Waals surface area contributed by atoms with E-state index in [0.29, 0.717) is 5.57 Å². The van der Waals surface area contributed by atoms with Gasteiger partial charge in [0.15, 0.2) is 5.75 Å². The molecular formula is C16H18FNO5S. The van der Waals surface area contributed by atoms with Crippen LogP contribution < -0.4 is 4.18 Å². The summed E-state index contributed by atoms with van der Waals surface area (Å²) in [6.45, 7) is 8.71. The van der Waals surface area contributed by atoms with Crippen molar-refractivity contribution in [3.05, 3.63) is 54.4 Å². The predicted octanol–water partition coefficient (Wildman–Crippen LogP) is 3.39. The minimum Gasteiger partial charge on any atom is -0.458 e. The van der Waals surface area contributed by atoms with Gasteiger partial charge in [0.25, 0.3) is 0 Å². The zero-order chi connectivity index (χ0) is 18.3. The molecule has 1 rings (SSSR count). The Hall–Kier alpha value is -2.48. The van der Waals surface area contributed by atoms with Gasteiger partial charge in [-0.1, -0.05) is 34.8 Å². The highest BCUT2D eigenvalue weighted by atomic mass is 32.3. The molecule has 0 N–H and O–H groups in total. The molecule has 6 nitrogen and oxygen atoms in total. The van der Waals surface area contributed by atoms with Crippen molar-refractivity contribution in [3.63, 3.8) is 0 Å². The molecule has 0 radical (unpaired) electrons. The Bertz CT molecular complexity index is 782. The van der Waals surface area contributed by atoms with Gasteiger partial charge < -0.3 is 8.92 Å². The maximum absolute atomic E-state index is 12.9. The maximum atomic E-state index is 12.9. The molecule has 1 aromatic heterocycles. The molecule has 0 bridgehead atoms. The monoisotopic (exact) mass is 355 g/mol. The summed E-state index contributed by atoms with van der Waals surface area (Å²) in [4.78, 5) is 16.0. The van der Waals surface area contributed by atoms with Gasteiger partial charge in [0, 0.05) is 5.57 Å². The first-order chi connectivity index (χ1) is 11.2. The van der Waals surface area contributed by atoms with Gasteiger partial charge in [0.05, 0.1) is 6.10 Å². The Kier molecular flexibility index (Phi) is 6.84. The molecule has 130 valence electrons. The van der Waals surface area contributed by atoms with Crippen molar-refractivity contribution in [2.75, 3.05) is 0 Å². The second-order valence-corrected chi connectivity index (χ2v) is 5.78. The number of ether oxygens (including phenoxy) is 1. The summed E-state index contributed by atoms with van der Waals surface area (Å²) >= 11 is 0. The molecule has 0 saturated carbocycles. The minimum atomic E-state index is -5.25. The van der Waals surface area contributed by atoms with Crippen LogP contribution in [0.2, 0.25) is 0 Å². The van der Waals surface area contributed by atoms with Crippen molar-refractivity contribution in [3.8, 4) is 5.75 Å². The number of rotatable bonds is 7. The molecule has 0 spiro atoms. The lowest BCUT2D eigenvalue weighted by molar-refractivity contribution is 0.0371. The first-order valence-electron chi connectivity index (χ1n) is 6.99. The van der Waals surface area contributed by atoms with Crippen LogP contribution in [0.4, 0.5) is 3.89 Å². The fourth-order valence-electron chi connectivity index (χ4n) is 1.66. The molecule has 8 heteroatoms. The van der Waals surface area contributed by atoms with E-state index >= 15 is 0 Å². The van der Waals surface area contributed by atoms with Gasteiger partial charge in [-0.05, 0) is 32.9 Å². The normalized spacial score (nSPS) is 12.5. The molecule has 0 atom stereocenters. The lowest BCUT2D eigenvalue weighted by Gasteiger charge is -2.11. The number of aromatic nitrogens is 1. The Labute approximate surface area is 140 Å². The molecule has 1 heterocycles. The molecule has 0 amide bonds. The van der Waals surface area contributed by atoms with Crippen molar-refractivity contribution in [1.82, 2.24) is 4.98 Å². The first kappa shape index (κ1) is 19.6. The number of allylic oxidation sites excluding steroid dienone is 5. The Morgan fingerprint density at radius 2 is 2.04 bits per heavy atom. The van der Waals surface area contributed by atoms with Crippen LogP contribution in [0.3, 0.4) is 0 Å². The highest BCUT2D eigenvalue weighted by molar-refractivity contribution is 7.81. The Balaban J connectivity index is 3.46. The smallest absolute Gasteiger partial charge is 0.458 e. The number of esters is 1. The third-order valence-corrected chi connectivity index (χ3v) is 2.94. The quantitative estimate of drug-likeness (QED) is 0.424. The Morgan fingerprint density at radius 1 is 1.38 bits per heavy atom. The number of nitrogens with zero attached hydrogens (tertiary/aromatic N) is 1. The molecule has 0 aliphatic carbocycles. The zero-order valence-corrected chi connectivity index (χ0v) is 14.3. The molecule has 0 aromatic carbocycles. The van der Waals surface area contributed by atoms with Crippen LogP contribution >= 0.6 is 0 Å². The van der Waals surface area contributed by atoms with E-state index in [1.165, 1.54) is 12.1 Å². The second kappa shape index (κ2) is 8.39. The van der Waals surface area contributed by atoms with Gasteiger partial charge in [0.2, 0.25) is 0 Å². The summed E-state index contributed by atoms with van der Waals surface area (Å²) in [6, 6.07) is 2.31. The van der Waals surface area contributed by atoms with Crippen molar-refractivity contribution >= 4 is 22.0 Å². The summed E-state index contributed by atoms with van der Waals surface area (Å²) in [7, 11) is -5.25. The van der Waals surface area contributed by atoms with Gasteiger partial charge in [0.1, 0.15) is 11.4 Å². The van der Waals surface area contributed by atoms with Crippen LogP contribution in [0.1, 0.15) is 37.0 Å². The van der Waals surface area contributed by atoms with Crippen LogP contribution in [0, 0.1) is 0 Å². The standard InChI is InChI=1S/C16H18FNO5S/c1-5-7-8-12(6-2)15-14(23-24(17,20)21)10-9-13(18-15)16(19)22-11(3)4/h5-11H,2H2,1,3-4H3/b7-5-,12-8+. The van der Waals surface area contributed by atoms with Crippen LogP contribution in [0.15, 0.2) is 43.0 Å². The van der Waals surface area contributed by atoms with Crippen LogP contribution in [-0.4, -0.2) is 25.5 Å². The number of hydrogen-bond donors (Lipinski definition) is 0. The first-order valence-corrected chi connectivity index (χ1v) is 8.30.